The third kappa shape index (κ3) is 13.1. The molecule has 0 spiro atoms. The van der Waals surface area contributed by atoms with Gasteiger partial charge in [-0.25, -0.2) is 0 Å². The van der Waals surface area contributed by atoms with Crippen molar-refractivity contribution in [1.82, 2.24) is 0 Å². The van der Waals surface area contributed by atoms with Crippen molar-refractivity contribution in [1.29, 1.82) is 0 Å². The number of hydrogen-bond acceptors (Lipinski definition) is 0. The van der Waals surface area contributed by atoms with Gasteiger partial charge in [-0.2, -0.15) is 0 Å². The minimum absolute atomic E-state index is 0. The van der Waals surface area contributed by atoms with E-state index in [1.54, 1.807) is 0 Å². The van der Waals surface area contributed by atoms with E-state index in [-0.39, 0.29) is 31.4 Å². The Hall–Kier alpha value is -4.71. The molecule has 0 heterocycles. The van der Waals surface area contributed by atoms with Crippen LogP contribution in [-0.2, 0) is 20.4 Å². The Morgan fingerprint density at radius 3 is 0.763 bits per heavy atom. The molecular weight excluding hydrogens is 902 g/mol. The third-order valence-electron chi connectivity index (χ3n) is 8.60. The van der Waals surface area contributed by atoms with Crippen LogP contribution in [0.5, 0.6) is 0 Å². The quantitative estimate of drug-likeness (QED) is 0.0869. The van der Waals surface area contributed by atoms with E-state index in [2.05, 4.69) is 194 Å². The minimum Gasteiger partial charge on any atom is -0.418 e. The van der Waals surface area contributed by atoms with E-state index < -0.39 is 30.4 Å². The van der Waals surface area contributed by atoms with Gasteiger partial charge in [-0.05, 0) is 80.3 Å². The topological polar surface area (TPSA) is 63.0 Å². The Kier molecular flexibility index (Phi) is 18.2. The van der Waals surface area contributed by atoms with Crippen molar-refractivity contribution in [2.75, 3.05) is 0 Å². The van der Waals surface area contributed by atoms with E-state index in [1.165, 1.54) is 64.5 Å². The summed E-state index contributed by atoms with van der Waals surface area (Å²) in [5, 5.41) is 13.3. The van der Waals surface area contributed by atoms with Crippen molar-refractivity contribution in [3.8, 4) is 11.1 Å². The zero-order chi connectivity index (χ0) is 39.7. The molecule has 0 aliphatic carbocycles. The van der Waals surface area contributed by atoms with Gasteiger partial charge in [0.2, 0.25) is 0 Å². The molecule has 59 heavy (non-hydrogen) atoms. The zero-order valence-electron chi connectivity index (χ0n) is 30.9. The van der Waals surface area contributed by atoms with Crippen molar-refractivity contribution in [3.05, 3.63) is 194 Å². The monoisotopic (exact) mass is 938 g/mol. The van der Waals surface area contributed by atoms with Gasteiger partial charge < -0.3 is 45.5 Å². The van der Waals surface area contributed by atoms with Crippen molar-refractivity contribution in [2.45, 2.75) is 0 Å². The number of rotatable bonds is 7. The maximum atomic E-state index is 9.75. The minimum atomic E-state index is -6.00. The average Bonchev–Trinajstić information content (AvgIpc) is 3.18. The van der Waals surface area contributed by atoms with Crippen molar-refractivity contribution >= 4 is 83.7 Å². The summed E-state index contributed by atoms with van der Waals surface area (Å²) in [6, 6.07) is 71.8. The molecule has 0 unspecified atom stereocenters. The average molecular weight is 939 g/mol. The van der Waals surface area contributed by atoms with Crippen LogP contribution in [0.4, 0.5) is 34.5 Å². The molecule has 0 saturated carbocycles. The fourth-order valence-electron chi connectivity index (χ4n) is 6.58. The van der Waals surface area contributed by atoms with E-state index in [4.69, 9.17) is 0 Å². The first-order valence-electron chi connectivity index (χ1n) is 17.5. The van der Waals surface area contributed by atoms with Crippen molar-refractivity contribution in [3.63, 3.8) is 0 Å². The standard InChI is InChI=1S/C44H32P2.2BF4.2H2O.Pd/c1-5-19-35(20-6-1)45(36-21-7-2-8-22-36)41-31-29-33-17-13-15-27-39(33)43(41)44-40-28-16-14-18-34(40)30-32-42(44)46(37-23-9-3-10-24-37)38-25-11-4-12-26-38;2*2-1(3,4)5;;;/h1-32H;;;2*1H2;/q;2*-1;;;+2. The summed E-state index contributed by atoms with van der Waals surface area (Å²) in [5.74, 6) is 0. The molecule has 15 heteroatoms. The van der Waals surface area contributed by atoms with E-state index >= 15 is 0 Å². The third-order valence-corrected chi connectivity index (χ3v) is 13.6. The molecule has 0 amide bonds. The summed E-state index contributed by atoms with van der Waals surface area (Å²) in [6.07, 6.45) is 0. The second-order valence-electron chi connectivity index (χ2n) is 12.4. The van der Waals surface area contributed by atoms with Crippen LogP contribution >= 0.6 is 15.8 Å². The Morgan fingerprint density at radius 1 is 0.288 bits per heavy atom. The molecule has 2 nitrogen and oxygen atoms in total. The van der Waals surface area contributed by atoms with Gasteiger partial charge in [-0.1, -0.05) is 194 Å². The van der Waals surface area contributed by atoms with Crippen LogP contribution in [-0.4, -0.2) is 25.5 Å². The molecular formula is C44H36B2F8O2P2Pd. The Labute approximate surface area is 353 Å². The van der Waals surface area contributed by atoms with Gasteiger partial charge in [-0.3, -0.25) is 0 Å². The van der Waals surface area contributed by atoms with Crippen molar-refractivity contribution in [2.24, 2.45) is 0 Å². The second-order valence-corrected chi connectivity index (χ2v) is 16.7. The summed E-state index contributed by atoms with van der Waals surface area (Å²) in [4.78, 5) is 0. The van der Waals surface area contributed by atoms with Crippen LogP contribution in [0.3, 0.4) is 0 Å². The van der Waals surface area contributed by atoms with Crippen LogP contribution in [0.2, 0.25) is 0 Å². The Bertz CT molecular complexity index is 2240. The first kappa shape index (κ1) is 48.7. The molecule has 4 N–H and O–H groups in total. The number of benzene rings is 8. The van der Waals surface area contributed by atoms with Crippen LogP contribution in [0.1, 0.15) is 0 Å². The zero-order valence-corrected chi connectivity index (χ0v) is 34.2. The largest absolute Gasteiger partial charge is 2.00 e. The maximum absolute atomic E-state index is 9.75. The molecule has 8 aromatic carbocycles. The van der Waals surface area contributed by atoms with E-state index in [9.17, 15) is 34.5 Å². The maximum Gasteiger partial charge on any atom is 2.00 e. The molecule has 306 valence electrons. The summed E-state index contributed by atoms with van der Waals surface area (Å²) in [6.45, 7) is 0. The van der Waals surface area contributed by atoms with E-state index in [0.29, 0.717) is 0 Å². The number of hydrogen-bond donors (Lipinski definition) is 0. The van der Waals surface area contributed by atoms with Crippen LogP contribution in [0.25, 0.3) is 32.7 Å². The van der Waals surface area contributed by atoms with Crippen LogP contribution in [0, 0.1) is 0 Å². The predicted molar refractivity (Wildman–Crippen MR) is 232 cm³/mol. The molecule has 0 aliphatic rings. The number of halogens is 8. The van der Waals surface area contributed by atoms with Gasteiger partial charge >= 0.3 is 34.9 Å². The molecule has 0 saturated heterocycles. The van der Waals surface area contributed by atoms with E-state index in [1.807, 2.05) is 0 Å². The first-order chi connectivity index (χ1) is 26.9. The van der Waals surface area contributed by atoms with Crippen LogP contribution in [0.15, 0.2) is 194 Å². The second kappa shape index (κ2) is 22.1. The molecule has 0 atom stereocenters. The van der Waals surface area contributed by atoms with Gasteiger partial charge in [0.15, 0.2) is 0 Å². The molecule has 0 aliphatic heterocycles. The predicted octanol–water partition coefficient (Wildman–Crippen LogP) is 10.1. The van der Waals surface area contributed by atoms with Gasteiger partial charge in [0.1, 0.15) is 0 Å². The summed E-state index contributed by atoms with van der Waals surface area (Å²) < 4.78 is 78.0. The SMILES string of the molecule is F[B-](F)(F)F.F[B-](F)(F)F.O.O.[Pd+2].c1ccc(P(c2ccccc2)c2ccc3ccccc3c2-c2c(P(c3ccccc3)c3ccccc3)ccc3ccccc23)cc1. The molecule has 0 radical (unpaired) electrons. The van der Waals surface area contributed by atoms with E-state index in [0.717, 1.165) is 0 Å². The van der Waals surface area contributed by atoms with Gasteiger partial charge in [0, 0.05) is 0 Å². The smallest absolute Gasteiger partial charge is 0.418 e. The van der Waals surface area contributed by atoms with Crippen LogP contribution < -0.4 is 31.8 Å². The molecule has 0 fully saturated rings. The summed E-state index contributed by atoms with van der Waals surface area (Å²) >= 11 is 0. The van der Waals surface area contributed by atoms with Crippen molar-refractivity contribution < 1.29 is 65.9 Å². The fourth-order valence-corrected chi connectivity index (χ4v) is 11.5. The molecule has 8 aromatic rings. The summed E-state index contributed by atoms with van der Waals surface area (Å²) in [7, 11) is -13.7. The fraction of sp³-hybridized carbons (Fsp3) is 0. The molecule has 0 aromatic heterocycles. The molecule has 8 rings (SSSR count). The van der Waals surface area contributed by atoms with Gasteiger partial charge in [0.25, 0.3) is 0 Å². The first-order valence-corrected chi connectivity index (χ1v) is 20.1. The Balaban J connectivity index is 0.000000644. The normalized spacial score (nSPS) is 10.9. The Morgan fingerprint density at radius 2 is 0.508 bits per heavy atom. The van der Waals surface area contributed by atoms with Gasteiger partial charge in [0.05, 0.1) is 0 Å². The summed E-state index contributed by atoms with van der Waals surface area (Å²) in [5.41, 5.74) is 2.70. The number of fused-ring (bicyclic) bond motifs is 2. The molecule has 0 bridgehead atoms. The van der Waals surface area contributed by atoms with Gasteiger partial charge in [-0.15, -0.1) is 0 Å².